The lowest BCUT2D eigenvalue weighted by atomic mass is 9.70. The maximum Gasteiger partial charge on any atom is 0.254 e. The third-order valence-electron chi connectivity index (χ3n) is 8.05. The van der Waals surface area contributed by atoms with Gasteiger partial charge in [-0.25, -0.2) is 0 Å². The summed E-state index contributed by atoms with van der Waals surface area (Å²) >= 11 is 0. The fourth-order valence-corrected chi connectivity index (χ4v) is 6.00. The Morgan fingerprint density at radius 2 is 1.59 bits per heavy atom. The molecule has 3 aromatic carbocycles. The molecule has 1 heterocycles. The van der Waals surface area contributed by atoms with Crippen LogP contribution in [0.4, 0.5) is 5.69 Å². The molecule has 0 aromatic heterocycles. The van der Waals surface area contributed by atoms with E-state index < -0.39 is 5.92 Å². The van der Waals surface area contributed by atoms with Crippen LogP contribution in [0.15, 0.2) is 83.2 Å². The third-order valence-corrected chi connectivity index (χ3v) is 8.05. The van der Waals surface area contributed by atoms with Crippen LogP contribution in [0.1, 0.15) is 53.9 Å². The Hall–Kier alpha value is -4.52. The second kappa shape index (κ2) is 11.5. The Morgan fingerprint density at radius 3 is 2.32 bits per heavy atom. The average molecular weight is 553 g/mol. The van der Waals surface area contributed by atoms with E-state index in [4.69, 9.17) is 14.2 Å². The van der Waals surface area contributed by atoms with Crippen LogP contribution in [-0.2, 0) is 9.59 Å². The SMILES string of the molecule is COc1ccccc1NC(=O)C1=C(C)NC2=C(C(=O)C[C@H](c3ccc(OC)c(OC)c3)C2)[C@@H]1c1cc(C)ccc1C. The minimum atomic E-state index is -0.500. The molecule has 0 spiro atoms. The first-order chi connectivity index (χ1) is 19.7. The zero-order valence-electron chi connectivity index (χ0n) is 24.4. The van der Waals surface area contributed by atoms with Crippen LogP contribution in [0.3, 0.4) is 0 Å². The van der Waals surface area contributed by atoms with Gasteiger partial charge in [-0.2, -0.15) is 0 Å². The van der Waals surface area contributed by atoms with E-state index in [0.717, 1.165) is 33.6 Å². The van der Waals surface area contributed by atoms with Gasteiger partial charge in [-0.15, -0.1) is 0 Å². The third kappa shape index (κ3) is 5.32. The van der Waals surface area contributed by atoms with E-state index in [9.17, 15) is 9.59 Å². The molecule has 7 nitrogen and oxygen atoms in total. The minimum absolute atomic E-state index is 0.0273. The fourth-order valence-electron chi connectivity index (χ4n) is 6.00. The molecule has 3 aromatic rings. The number of carbonyl (C=O) groups excluding carboxylic acids is 2. The van der Waals surface area contributed by atoms with Crippen molar-refractivity contribution in [3.8, 4) is 17.2 Å². The quantitative estimate of drug-likeness (QED) is 0.356. The number of hydrogen-bond acceptors (Lipinski definition) is 6. The molecule has 1 aliphatic heterocycles. The molecule has 0 unspecified atom stereocenters. The Morgan fingerprint density at radius 1 is 0.854 bits per heavy atom. The Balaban J connectivity index is 1.58. The molecule has 1 aliphatic carbocycles. The summed E-state index contributed by atoms with van der Waals surface area (Å²) in [6.45, 7) is 5.96. The number of benzene rings is 3. The van der Waals surface area contributed by atoms with Gasteiger partial charge in [0.1, 0.15) is 5.75 Å². The van der Waals surface area contributed by atoms with Crippen molar-refractivity contribution < 1.29 is 23.8 Å². The van der Waals surface area contributed by atoms with Crippen molar-refractivity contribution >= 4 is 17.4 Å². The van der Waals surface area contributed by atoms with Crippen LogP contribution in [-0.4, -0.2) is 33.0 Å². The maximum absolute atomic E-state index is 14.1. The molecule has 2 N–H and O–H groups in total. The van der Waals surface area contributed by atoms with Crippen molar-refractivity contribution in [2.45, 2.75) is 45.4 Å². The molecule has 7 heteroatoms. The first kappa shape index (κ1) is 28.0. The molecule has 0 saturated heterocycles. The molecule has 0 saturated carbocycles. The average Bonchev–Trinajstić information content (AvgIpc) is 2.97. The molecular formula is C34H36N2O5. The number of nitrogens with one attached hydrogen (secondary N) is 2. The molecule has 2 aliphatic rings. The Bertz CT molecular complexity index is 1590. The zero-order chi connectivity index (χ0) is 29.3. The number of anilines is 1. The van der Waals surface area contributed by atoms with E-state index in [1.807, 2.05) is 51.1 Å². The van der Waals surface area contributed by atoms with E-state index in [1.54, 1.807) is 33.5 Å². The predicted molar refractivity (Wildman–Crippen MR) is 160 cm³/mol. The van der Waals surface area contributed by atoms with Crippen LogP contribution in [0, 0.1) is 13.8 Å². The smallest absolute Gasteiger partial charge is 0.254 e. The second-order valence-electron chi connectivity index (χ2n) is 10.6. The topological polar surface area (TPSA) is 85.9 Å². The number of ketones is 1. The number of rotatable bonds is 7. The molecule has 41 heavy (non-hydrogen) atoms. The standard InChI is InChI=1S/C34H36N2O5/c1-19-11-12-20(2)24(15-19)32-31(34(38)36-25-9-7-8-10-28(25)39-4)21(3)35-26-16-23(17-27(37)33(26)32)22-13-14-29(40-5)30(18-22)41-6/h7-15,18,23,32,35H,16-17H2,1-6H3,(H,36,38)/t23-,32-/m1/s1. The summed E-state index contributed by atoms with van der Waals surface area (Å²) in [5, 5.41) is 6.51. The van der Waals surface area contributed by atoms with Gasteiger partial charge in [-0.05, 0) is 74.1 Å². The lowest BCUT2D eigenvalue weighted by Gasteiger charge is -2.37. The number of amides is 1. The van der Waals surface area contributed by atoms with Crippen molar-refractivity contribution in [3.05, 3.63) is 105 Å². The monoisotopic (exact) mass is 552 g/mol. The number of hydrogen-bond donors (Lipinski definition) is 2. The fraction of sp³-hybridized carbons (Fsp3) is 0.294. The highest BCUT2D eigenvalue weighted by Gasteiger charge is 2.41. The summed E-state index contributed by atoms with van der Waals surface area (Å²) < 4.78 is 16.4. The van der Waals surface area contributed by atoms with E-state index in [-0.39, 0.29) is 17.6 Å². The molecule has 1 amide bonds. The summed E-state index contributed by atoms with van der Waals surface area (Å²) in [6, 6.07) is 19.3. The zero-order valence-corrected chi connectivity index (χ0v) is 24.4. The van der Waals surface area contributed by atoms with Crippen molar-refractivity contribution in [1.82, 2.24) is 5.32 Å². The lowest BCUT2D eigenvalue weighted by Crippen LogP contribution is -2.37. The predicted octanol–water partition coefficient (Wildman–Crippen LogP) is 6.33. The number of para-hydroxylation sites is 2. The summed E-state index contributed by atoms with van der Waals surface area (Å²) in [4.78, 5) is 28.1. The van der Waals surface area contributed by atoms with Gasteiger partial charge < -0.3 is 24.8 Å². The first-order valence-corrected chi connectivity index (χ1v) is 13.7. The van der Waals surface area contributed by atoms with Gasteiger partial charge in [0, 0.05) is 34.9 Å². The van der Waals surface area contributed by atoms with Gasteiger partial charge in [0.25, 0.3) is 5.91 Å². The number of carbonyl (C=O) groups is 2. The molecule has 0 bridgehead atoms. The number of Topliss-reactive ketones (excluding diaryl/α,β-unsaturated/α-hetero) is 1. The highest BCUT2D eigenvalue weighted by atomic mass is 16.5. The largest absolute Gasteiger partial charge is 0.495 e. The Kier molecular flexibility index (Phi) is 7.88. The van der Waals surface area contributed by atoms with E-state index >= 15 is 0 Å². The van der Waals surface area contributed by atoms with Gasteiger partial charge in [-0.3, -0.25) is 9.59 Å². The van der Waals surface area contributed by atoms with E-state index in [2.05, 4.69) is 28.8 Å². The summed E-state index contributed by atoms with van der Waals surface area (Å²) in [5.74, 6) is 1.06. The molecule has 2 atom stereocenters. The van der Waals surface area contributed by atoms with Crippen LogP contribution in [0.25, 0.3) is 0 Å². The van der Waals surface area contributed by atoms with Crippen molar-refractivity contribution in [3.63, 3.8) is 0 Å². The summed E-state index contributed by atoms with van der Waals surface area (Å²) in [6.07, 6.45) is 0.967. The first-order valence-electron chi connectivity index (χ1n) is 13.7. The van der Waals surface area contributed by atoms with Gasteiger partial charge in [0.05, 0.1) is 27.0 Å². The van der Waals surface area contributed by atoms with Gasteiger partial charge >= 0.3 is 0 Å². The number of aryl methyl sites for hydroxylation is 2. The van der Waals surface area contributed by atoms with E-state index in [0.29, 0.717) is 46.9 Å². The highest BCUT2D eigenvalue weighted by Crippen LogP contribution is 2.47. The van der Waals surface area contributed by atoms with Gasteiger partial charge in [0.2, 0.25) is 0 Å². The van der Waals surface area contributed by atoms with Gasteiger partial charge in [-0.1, -0.05) is 42.0 Å². The number of ether oxygens (including phenoxy) is 3. The molecule has 5 rings (SSSR count). The number of dihydropyridines is 1. The van der Waals surface area contributed by atoms with Crippen molar-refractivity contribution in [1.29, 1.82) is 0 Å². The highest BCUT2D eigenvalue weighted by molar-refractivity contribution is 6.10. The van der Waals surface area contributed by atoms with E-state index in [1.165, 1.54) is 0 Å². The van der Waals surface area contributed by atoms with Crippen LogP contribution in [0.2, 0.25) is 0 Å². The second-order valence-corrected chi connectivity index (χ2v) is 10.6. The maximum atomic E-state index is 14.1. The van der Waals surface area contributed by atoms with Crippen LogP contribution >= 0.6 is 0 Å². The Labute approximate surface area is 241 Å². The molecule has 0 radical (unpaired) electrons. The lowest BCUT2D eigenvalue weighted by molar-refractivity contribution is -0.116. The van der Waals surface area contributed by atoms with Crippen molar-refractivity contribution in [2.24, 2.45) is 0 Å². The number of allylic oxidation sites excluding steroid dienone is 3. The minimum Gasteiger partial charge on any atom is -0.495 e. The van der Waals surface area contributed by atoms with Crippen LogP contribution < -0.4 is 24.8 Å². The summed E-state index contributed by atoms with van der Waals surface area (Å²) in [7, 11) is 4.79. The molecule has 0 fully saturated rings. The normalized spacial score (nSPS) is 18.4. The molecule has 212 valence electrons. The molecular weight excluding hydrogens is 516 g/mol. The van der Waals surface area contributed by atoms with Crippen molar-refractivity contribution in [2.75, 3.05) is 26.6 Å². The van der Waals surface area contributed by atoms with Gasteiger partial charge in [0.15, 0.2) is 17.3 Å². The number of methoxy groups -OCH3 is 3. The summed E-state index contributed by atoms with van der Waals surface area (Å²) in [5.41, 5.74) is 7.41. The van der Waals surface area contributed by atoms with Crippen LogP contribution in [0.5, 0.6) is 17.2 Å².